The third-order valence-corrected chi connectivity index (χ3v) is 3.77. The van der Waals surface area contributed by atoms with Crippen LogP contribution in [0.5, 0.6) is 11.5 Å². The monoisotopic (exact) mass is 423 g/mol. The number of nitrogens with one attached hydrogen (secondary N) is 2. The molecule has 0 spiro atoms. The molecule has 9 heteroatoms. The summed E-state index contributed by atoms with van der Waals surface area (Å²) in [6.07, 6.45) is 1.35. The zero-order valence-corrected chi connectivity index (χ0v) is 15.2. The summed E-state index contributed by atoms with van der Waals surface area (Å²) in [5.41, 5.74) is 2.92. The number of methoxy groups -OCH3 is 1. The van der Waals surface area contributed by atoms with Crippen molar-refractivity contribution in [2.75, 3.05) is 13.7 Å². The van der Waals surface area contributed by atoms with Gasteiger partial charge in [-0.05, 0) is 51.8 Å². The number of amides is 2. The first-order chi connectivity index (χ1) is 12.4. The summed E-state index contributed by atoms with van der Waals surface area (Å²) in [4.78, 5) is 23.5. The molecule has 7 nitrogen and oxygen atoms in total. The summed E-state index contributed by atoms with van der Waals surface area (Å²) in [7, 11) is 1.41. The predicted octanol–water partition coefficient (Wildman–Crippen LogP) is 2.18. The Kier molecular flexibility index (Phi) is 6.67. The van der Waals surface area contributed by atoms with Crippen LogP contribution in [0.1, 0.15) is 15.9 Å². The first-order valence-electron chi connectivity index (χ1n) is 7.33. The van der Waals surface area contributed by atoms with Gasteiger partial charge in [0.05, 0.1) is 24.3 Å². The second-order valence-electron chi connectivity index (χ2n) is 5.04. The molecule has 0 radical (unpaired) electrons. The molecule has 0 aliphatic heterocycles. The van der Waals surface area contributed by atoms with E-state index in [-0.39, 0.29) is 23.6 Å². The highest BCUT2D eigenvalue weighted by atomic mass is 79.9. The summed E-state index contributed by atoms with van der Waals surface area (Å²) >= 11 is 3.17. The largest absolute Gasteiger partial charge is 0.503 e. The van der Waals surface area contributed by atoms with Gasteiger partial charge in [-0.2, -0.15) is 5.10 Å². The number of rotatable bonds is 6. The van der Waals surface area contributed by atoms with Crippen LogP contribution in [0, 0.1) is 5.82 Å². The summed E-state index contributed by atoms with van der Waals surface area (Å²) < 4.78 is 18.5. The molecule has 0 saturated heterocycles. The van der Waals surface area contributed by atoms with E-state index >= 15 is 0 Å². The van der Waals surface area contributed by atoms with Crippen molar-refractivity contribution >= 4 is 34.0 Å². The number of aromatic hydroxyl groups is 1. The van der Waals surface area contributed by atoms with Crippen LogP contribution in [0.25, 0.3) is 0 Å². The summed E-state index contributed by atoms with van der Waals surface area (Å²) in [6, 6.07) is 8.24. The van der Waals surface area contributed by atoms with Crippen LogP contribution in [0.4, 0.5) is 4.39 Å². The van der Waals surface area contributed by atoms with Crippen LogP contribution in [0.2, 0.25) is 0 Å². The molecule has 2 rings (SSSR count). The molecule has 0 bridgehead atoms. The summed E-state index contributed by atoms with van der Waals surface area (Å²) in [6.45, 7) is -0.324. The lowest BCUT2D eigenvalue weighted by Crippen LogP contribution is -2.34. The Bertz CT molecular complexity index is 858. The number of carbonyl (C=O) groups is 2. The van der Waals surface area contributed by atoms with Gasteiger partial charge in [-0.1, -0.05) is 6.07 Å². The van der Waals surface area contributed by atoms with E-state index in [9.17, 15) is 19.1 Å². The fourth-order valence-corrected chi connectivity index (χ4v) is 2.39. The Morgan fingerprint density at radius 2 is 2.12 bits per heavy atom. The topological polar surface area (TPSA) is 100 Å². The van der Waals surface area contributed by atoms with Crippen LogP contribution in [-0.4, -0.2) is 36.8 Å². The Hall–Kier alpha value is -2.94. The van der Waals surface area contributed by atoms with E-state index in [2.05, 4.69) is 31.8 Å². The number of hydrogen-bond donors (Lipinski definition) is 3. The minimum absolute atomic E-state index is 0.0475. The Morgan fingerprint density at radius 3 is 2.81 bits per heavy atom. The van der Waals surface area contributed by atoms with Crippen molar-refractivity contribution in [1.29, 1.82) is 0 Å². The SMILES string of the molecule is COc1cc(/C=N/NC(=O)CNC(=O)c2cccc(F)c2)cc(Br)c1O. The van der Waals surface area contributed by atoms with Crippen LogP contribution < -0.4 is 15.5 Å². The smallest absolute Gasteiger partial charge is 0.259 e. The maximum absolute atomic E-state index is 13.1. The van der Waals surface area contributed by atoms with Gasteiger partial charge < -0.3 is 15.2 Å². The third kappa shape index (κ3) is 5.28. The van der Waals surface area contributed by atoms with Crippen molar-refractivity contribution in [2.45, 2.75) is 0 Å². The van der Waals surface area contributed by atoms with Crippen LogP contribution >= 0.6 is 15.9 Å². The molecule has 0 fully saturated rings. The number of hydrazone groups is 1. The Labute approximate surface area is 157 Å². The molecule has 0 atom stereocenters. The van der Waals surface area contributed by atoms with Gasteiger partial charge in [-0.25, -0.2) is 9.82 Å². The molecule has 2 aromatic carbocycles. The zero-order valence-electron chi connectivity index (χ0n) is 13.6. The van der Waals surface area contributed by atoms with Gasteiger partial charge in [0.1, 0.15) is 5.82 Å². The lowest BCUT2D eigenvalue weighted by molar-refractivity contribution is -0.120. The number of halogens is 2. The number of phenolic OH excluding ortho intramolecular Hbond substituents is 1. The minimum atomic E-state index is -0.573. The van der Waals surface area contributed by atoms with Gasteiger partial charge in [-0.15, -0.1) is 0 Å². The van der Waals surface area contributed by atoms with Crippen LogP contribution in [-0.2, 0) is 4.79 Å². The molecule has 0 aliphatic rings. The van der Waals surface area contributed by atoms with E-state index < -0.39 is 17.6 Å². The van der Waals surface area contributed by atoms with Crippen molar-refractivity contribution in [2.24, 2.45) is 5.10 Å². The second kappa shape index (κ2) is 8.95. The van der Waals surface area contributed by atoms with Gasteiger partial charge in [0.15, 0.2) is 11.5 Å². The number of phenols is 1. The van der Waals surface area contributed by atoms with Gasteiger partial charge in [0.25, 0.3) is 11.8 Å². The van der Waals surface area contributed by atoms with Gasteiger partial charge in [0.2, 0.25) is 0 Å². The van der Waals surface area contributed by atoms with Crippen LogP contribution in [0.15, 0.2) is 46.0 Å². The molecular weight excluding hydrogens is 409 g/mol. The lowest BCUT2D eigenvalue weighted by Gasteiger charge is -2.06. The van der Waals surface area contributed by atoms with E-state index in [1.54, 1.807) is 6.07 Å². The zero-order chi connectivity index (χ0) is 19.1. The fraction of sp³-hybridized carbons (Fsp3) is 0.118. The number of nitrogens with zero attached hydrogens (tertiary/aromatic N) is 1. The van der Waals surface area contributed by atoms with E-state index in [1.807, 2.05) is 0 Å². The van der Waals surface area contributed by atoms with E-state index in [0.717, 1.165) is 6.07 Å². The summed E-state index contributed by atoms with van der Waals surface area (Å²) in [5, 5.41) is 15.8. The van der Waals surface area contributed by atoms with Crippen molar-refractivity contribution in [1.82, 2.24) is 10.7 Å². The van der Waals surface area contributed by atoms with Crippen molar-refractivity contribution in [3.05, 3.63) is 57.8 Å². The second-order valence-corrected chi connectivity index (χ2v) is 5.89. The molecule has 0 unspecified atom stereocenters. The van der Waals surface area contributed by atoms with Gasteiger partial charge >= 0.3 is 0 Å². The molecule has 26 heavy (non-hydrogen) atoms. The molecule has 0 aliphatic carbocycles. The molecule has 2 aromatic rings. The quantitative estimate of drug-likeness (QED) is 0.489. The molecule has 0 heterocycles. The predicted molar refractivity (Wildman–Crippen MR) is 96.8 cm³/mol. The highest BCUT2D eigenvalue weighted by Gasteiger charge is 2.09. The first-order valence-corrected chi connectivity index (χ1v) is 8.12. The van der Waals surface area contributed by atoms with E-state index in [0.29, 0.717) is 10.0 Å². The maximum Gasteiger partial charge on any atom is 0.259 e. The van der Waals surface area contributed by atoms with Gasteiger partial charge in [0, 0.05) is 5.56 Å². The third-order valence-electron chi connectivity index (χ3n) is 3.17. The molecule has 0 saturated carbocycles. The molecule has 0 aromatic heterocycles. The van der Waals surface area contributed by atoms with Crippen molar-refractivity contribution in [3.8, 4) is 11.5 Å². The van der Waals surface area contributed by atoms with E-state index in [1.165, 1.54) is 37.6 Å². The van der Waals surface area contributed by atoms with Gasteiger partial charge in [-0.3, -0.25) is 9.59 Å². The molecular formula is C17H15BrFN3O4. The van der Waals surface area contributed by atoms with Crippen LogP contribution in [0.3, 0.4) is 0 Å². The minimum Gasteiger partial charge on any atom is -0.503 e. The highest BCUT2D eigenvalue weighted by Crippen LogP contribution is 2.34. The van der Waals surface area contributed by atoms with Crippen molar-refractivity contribution < 1.29 is 23.8 Å². The number of carbonyl (C=O) groups excluding carboxylic acids is 2. The molecule has 2 amide bonds. The van der Waals surface area contributed by atoms with E-state index in [4.69, 9.17) is 4.74 Å². The summed E-state index contributed by atoms with van der Waals surface area (Å²) in [5.74, 6) is -1.47. The number of hydrogen-bond acceptors (Lipinski definition) is 5. The highest BCUT2D eigenvalue weighted by molar-refractivity contribution is 9.10. The average Bonchev–Trinajstić information content (AvgIpc) is 2.62. The van der Waals surface area contributed by atoms with Crippen molar-refractivity contribution in [3.63, 3.8) is 0 Å². The average molecular weight is 424 g/mol. The first kappa shape index (κ1) is 19.4. The normalized spacial score (nSPS) is 10.6. The molecule has 3 N–H and O–H groups in total. The Balaban J connectivity index is 1.88. The lowest BCUT2D eigenvalue weighted by atomic mass is 10.2. The number of ether oxygens (including phenoxy) is 1. The molecule has 136 valence electrons. The standard InChI is InChI=1S/C17H15BrFN3O4/c1-26-14-6-10(5-13(18)16(14)24)8-21-22-15(23)9-20-17(25)11-3-2-4-12(19)7-11/h2-8,24H,9H2,1H3,(H,20,25)(H,22,23)/b21-8+. The number of benzene rings is 2. The Morgan fingerprint density at radius 1 is 1.35 bits per heavy atom. The fourth-order valence-electron chi connectivity index (χ4n) is 1.93. The maximum atomic E-state index is 13.1.